The Bertz CT molecular complexity index is 439. The number of hydrogen-bond donors (Lipinski definition) is 2. The number of carboxylic acid groups (broad SMARTS) is 1. The number of ether oxygens (including phenoxy) is 1. The summed E-state index contributed by atoms with van der Waals surface area (Å²) in [6.45, 7) is 2.62. The molecule has 19 heavy (non-hydrogen) atoms. The second-order valence-corrected chi connectivity index (χ2v) is 4.72. The summed E-state index contributed by atoms with van der Waals surface area (Å²) >= 11 is 0. The van der Waals surface area contributed by atoms with Crippen molar-refractivity contribution in [2.24, 2.45) is 5.92 Å². The molecule has 0 saturated heterocycles. The minimum atomic E-state index is -0.749. The number of hydrogen-bond acceptors (Lipinski definition) is 5. The fourth-order valence-corrected chi connectivity index (χ4v) is 2.31. The first-order valence-electron chi connectivity index (χ1n) is 6.65. The summed E-state index contributed by atoms with van der Waals surface area (Å²) < 4.78 is 5.40. The van der Waals surface area contributed by atoms with Gasteiger partial charge in [0, 0.05) is 6.04 Å². The predicted molar refractivity (Wildman–Crippen MR) is 70.2 cm³/mol. The van der Waals surface area contributed by atoms with Crippen molar-refractivity contribution in [1.29, 1.82) is 0 Å². The number of rotatable bonds is 6. The molecule has 1 fully saturated rings. The maximum atomic E-state index is 11.1. The van der Waals surface area contributed by atoms with Gasteiger partial charge in [0.25, 0.3) is 0 Å². The summed E-state index contributed by atoms with van der Waals surface area (Å²) in [5, 5.41) is 12.3. The van der Waals surface area contributed by atoms with Crippen molar-refractivity contribution in [3.05, 3.63) is 12.4 Å². The normalized spacial score (nSPS) is 22.2. The van der Waals surface area contributed by atoms with Crippen molar-refractivity contribution >= 4 is 11.8 Å². The van der Waals surface area contributed by atoms with Crippen molar-refractivity contribution < 1.29 is 14.6 Å². The summed E-state index contributed by atoms with van der Waals surface area (Å²) in [6.07, 6.45) is 6.54. The first-order valence-corrected chi connectivity index (χ1v) is 6.65. The van der Waals surface area contributed by atoms with E-state index in [0.29, 0.717) is 24.7 Å². The Morgan fingerprint density at radius 3 is 3.11 bits per heavy atom. The van der Waals surface area contributed by atoms with Crippen LogP contribution in [-0.4, -0.2) is 33.7 Å². The predicted octanol–water partition coefficient (Wildman–Crippen LogP) is 1.93. The quantitative estimate of drug-likeness (QED) is 0.817. The molecule has 2 N–H and O–H groups in total. The molecule has 2 atom stereocenters. The zero-order chi connectivity index (χ0) is 13.7. The van der Waals surface area contributed by atoms with Crippen LogP contribution in [0.4, 0.5) is 5.82 Å². The van der Waals surface area contributed by atoms with Crippen LogP contribution in [0.2, 0.25) is 0 Å². The Labute approximate surface area is 112 Å². The van der Waals surface area contributed by atoms with E-state index in [0.717, 1.165) is 19.3 Å². The van der Waals surface area contributed by atoms with Gasteiger partial charge in [0.1, 0.15) is 5.82 Å². The molecule has 0 radical (unpaired) electrons. The molecule has 1 saturated carbocycles. The second kappa shape index (κ2) is 6.36. The minimum absolute atomic E-state index is 0.0757. The first-order chi connectivity index (χ1) is 9.20. The summed E-state index contributed by atoms with van der Waals surface area (Å²) in [4.78, 5) is 19.4. The molecule has 1 aromatic rings. The summed E-state index contributed by atoms with van der Waals surface area (Å²) in [5.41, 5.74) is 0. The molecule has 0 amide bonds. The largest absolute Gasteiger partial charge is 0.481 e. The van der Waals surface area contributed by atoms with Crippen LogP contribution in [0.3, 0.4) is 0 Å². The first kappa shape index (κ1) is 13.6. The lowest BCUT2D eigenvalue weighted by Crippen LogP contribution is -2.30. The number of nitrogens with zero attached hydrogens (tertiary/aromatic N) is 2. The molecular formula is C13H19N3O3. The maximum Gasteiger partial charge on any atom is 0.308 e. The molecule has 1 aromatic heterocycles. The van der Waals surface area contributed by atoms with Crippen molar-refractivity contribution in [2.45, 2.75) is 38.6 Å². The third-order valence-electron chi connectivity index (χ3n) is 3.23. The van der Waals surface area contributed by atoms with E-state index in [9.17, 15) is 4.79 Å². The smallest absolute Gasteiger partial charge is 0.308 e. The molecule has 6 heteroatoms. The number of aromatic nitrogens is 2. The standard InChI is InChI=1S/C13H19N3O3/c1-2-6-19-12-8-14-7-11(16-12)15-10-5-3-4-9(10)13(17)18/h7-10H,2-6H2,1H3,(H,15,16)(H,17,18). The molecule has 2 rings (SSSR count). The Hall–Kier alpha value is -1.85. The van der Waals surface area contributed by atoms with Crippen molar-refractivity contribution in [2.75, 3.05) is 11.9 Å². The van der Waals surface area contributed by atoms with E-state index in [-0.39, 0.29) is 12.0 Å². The van der Waals surface area contributed by atoms with Crippen LogP contribution < -0.4 is 10.1 Å². The molecule has 1 aliphatic rings. The molecule has 6 nitrogen and oxygen atoms in total. The van der Waals surface area contributed by atoms with Crippen LogP contribution in [-0.2, 0) is 4.79 Å². The van der Waals surface area contributed by atoms with Crippen LogP contribution in [0.15, 0.2) is 12.4 Å². The van der Waals surface area contributed by atoms with Gasteiger partial charge in [-0.3, -0.25) is 9.78 Å². The van der Waals surface area contributed by atoms with Gasteiger partial charge >= 0.3 is 5.97 Å². The molecule has 1 heterocycles. The summed E-state index contributed by atoms with van der Waals surface area (Å²) in [7, 11) is 0. The molecule has 0 bridgehead atoms. The van der Waals surface area contributed by atoms with Gasteiger partial charge in [-0.05, 0) is 19.3 Å². The van der Waals surface area contributed by atoms with Crippen LogP contribution in [0.1, 0.15) is 32.6 Å². The third kappa shape index (κ3) is 3.56. The average Bonchev–Trinajstić information content (AvgIpc) is 2.85. The zero-order valence-corrected chi connectivity index (χ0v) is 11.0. The average molecular weight is 265 g/mol. The maximum absolute atomic E-state index is 11.1. The van der Waals surface area contributed by atoms with E-state index in [2.05, 4.69) is 15.3 Å². The van der Waals surface area contributed by atoms with Crippen LogP contribution in [0.5, 0.6) is 5.88 Å². The van der Waals surface area contributed by atoms with Gasteiger partial charge in [0.2, 0.25) is 5.88 Å². The molecule has 0 aliphatic heterocycles. The van der Waals surface area contributed by atoms with Gasteiger partial charge in [0.05, 0.1) is 24.9 Å². The highest BCUT2D eigenvalue weighted by molar-refractivity contribution is 5.72. The van der Waals surface area contributed by atoms with Crippen molar-refractivity contribution in [3.8, 4) is 5.88 Å². The monoisotopic (exact) mass is 265 g/mol. The summed E-state index contributed by atoms with van der Waals surface area (Å²) in [6, 6.07) is -0.0757. The van der Waals surface area contributed by atoms with E-state index in [4.69, 9.17) is 9.84 Å². The lowest BCUT2D eigenvalue weighted by atomic mass is 10.0. The van der Waals surface area contributed by atoms with E-state index in [1.165, 1.54) is 0 Å². The van der Waals surface area contributed by atoms with Gasteiger partial charge in [0.15, 0.2) is 0 Å². The van der Waals surface area contributed by atoms with E-state index in [1.807, 2.05) is 6.92 Å². The van der Waals surface area contributed by atoms with Crippen LogP contribution in [0, 0.1) is 5.92 Å². The SMILES string of the molecule is CCCOc1cncc(NC2CCCC2C(=O)O)n1. The number of carboxylic acids is 1. The fraction of sp³-hybridized carbons (Fsp3) is 0.615. The lowest BCUT2D eigenvalue weighted by Gasteiger charge is -2.18. The molecular weight excluding hydrogens is 246 g/mol. The van der Waals surface area contributed by atoms with E-state index < -0.39 is 5.97 Å². The molecule has 2 unspecified atom stereocenters. The lowest BCUT2D eigenvalue weighted by molar-refractivity contribution is -0.141. The van der Waals surface area contributed by atoms with Crippen molar-refractivity contribution in [3.63, 3.8) is 0 Å². The minimum Gasteiger partial charge on any atom is -0.481 e. The topological polar surface area (TPSA) is 84.3 Å². The van der Waals surface area contributed by atoms with E-state index >= 15 is 0 Å². The third-order valence-corrected chi connectivity index (χ3v) is 3.23. The number of aliphatic carboxylic acids is 1. The highest BCUT2D eigenvalue weighted by Gasteiger charge is 2.33. The Morgan fingerprint density at radius 2 is 2.37 bits per heavy atom. The highest BCUT2D eigenvalue weighted by atomic mass is 16.5. The zero-order valence-electron chi connectivity index (χ0n) is 11.0. The number of nitrogens with one attached hydrogen (secondary N) is 1. The Morgan fingerprint density at radius 1 is 1.53 bits per heavy atom. The molecule has 0 aromatic carbocycles. The Kier molecular flexibility index (Phi) is 4.54. The van der Waals surface area contributed by atoms with Gasteiger partial charge in [-0.1, -0.05) is 13.3 Å². The van der Waals surface area contributed by atoms with Gasteiger partial charge < -0.3 is 15.2 Å². The van der Waals surface area contributed by atoms with E-state index in [1.54, 1.807) is 12.4 Å². The molecule has 104 valence electrons. The highest BCUT2D eigenvalue weighted by Crippen LogP contribution is 2.28. The number of carbonyl (C=O) groups is 1. The van der Waals surface area contributed by atoms with Crippen molar-refractivity contribution in [1.82, 2.24) is 9.97 Å². The van der Waals surface area contributed by atoms with Gasteiger partial charge in [-0.2, -0.15) is 4.98 Å². The molecule has 0 spiro atoms. The summed E-state index contributed by atoms with van der Waals surface area (Å²) in [5.74, 6) is -0.0492. The van der Waals surface area contributed by atoms with Crippen LogP contribution >= 0.6 is 0 Å². The Balaban J connectivity index is 2.00. The van der Waals surface area contributed by atoms with Gasteiger partial charge in [-0.25, -0.2) is 0 Å². The fourth-order valence-electron chi connectivity index (χ4n) is 2.31. The van der Waals surface area contributed by atoms with Gasteiger partial charge in [-0.15, -0.1) is 0 Å². The van der Waals surface area contributed by atoms with Crippen LogP contribution in [0.25, 0.3) is 0 Å². The molecule has 1 aliphatic carbocycles. The number of anilines is 1. The second-order valence-electron chi connectivity index (χ2n) is 4.72.